The van der Waals surface area contributed by atoms with Crippen LogP contribution in [0.5, 0.6) is 5.75 Å². The molecule has 0 aliphatic carbocycles. The number of hydrogen-bond donors (Lipinski definition) is 2. The van der Waals surface area contributed by atoms with Crippen molar-refractivity contribution in [1.82, 2.24) is 0 Å². The summed E-state index contributed by atoms with van der Waals surface area (Å²) >= 11 is 0. The Morgan fingerprint density at radius 3 is 2.60 bits per heavy atom. The SMILES string of the molecule is NCCC(=O)OCCc1ccc(O)cc1. The summed E-state index contributed by atoms with van der Waals surface area (Å²) < 4.78 is 4.94. The maximum Gasteiger partial charge on any atom is 0.307 e. The van der Waals surface area contributed by atoms with E-state index < -0.39 is 0 Å². The van der Waals surface area contributed by atoms with Gasteiger partial charge in [0.25, 0.3) is 0 Å². The maximum atomic E-state index is 10.9. The fourth-order valence-corrected chi connectivity index (χ4v) is 1.14. The highest BCUT2D eigenvalue weighted by Gasteiger charge is 2.00. The second kappa shape index (κ2) is 6.03. The van der Waals surface area contributed by atoms with Crippen LogP contribution in [0.2, 0.25) is 0 Å². The van der Waals surface area contributed by atoms with E-state index in [0.29, 0.717) is 19.6 Å². The number of aromatic hydroxyl groups is 1. The largest absolute Gasteiger partial charge is 0.508 e. The van der Waals surface area contributed by atoms with Crippen LogP contribution in [0.4, 0.5) is 0 Å². The zero-order chi connectivity index (χ0) is 11.1. The molecule has 4 heteroatoms. The molecule has 3 N–H and O–H groups in total. The van der Waals surface area contributed by atoms with Gasteiger partial charge in [-0.2, -0.15) is 0 Å². The molecule has 0 aromatic heterocycles. The third-order valence-corrected chi connectivity index (χ3v) is 1.94. The lowest BCUT2D eigenvalue weighted by atomic mass is 10.1. The number of phenolic OH excluding ortho intramolecular Hbond substituents is 1. The lowest BCUT2D eigenvalue weighted by Crippen LogP contribution is -2.12. The Bertz CT molecular complexity index is 308. The van der Waals surface area contributed by atoms with Crippen molar-refractivity contribution in [2.45, 2.75) is 12.8 Å². The van der Waals surface area contributed by atoms with Gasteiger partial charge in [0.2, 0.25) is 0 Å². The summed E-state index contributed by atoms with van der Waals surface area (Å²) in [6, 6.07) is 6.81. The molecule has 0 bridgehead atoms. The number of benzene rings is 1. The van der Waals surface area contributed by atoms with E-state index in [2.05, 4.69) is 0 Å². The minimum atomic E-state index is -0.267. The molecule has 0 unspecified atom stereocenters. The van der Waals surface area contributed by atoms with Crippen LogP contribution in [-0.4, -0.2) is 24.2 Å². The Hall–Kier alpha value is -1.55. The molecular formula is C11H15NO3. The third-order valence-electron chi connectivity index (χ3n) is 1.94. The molecule has 0 radical (unpaired) electrons. The molecule has 15 heavy (non-hydrogen) atoms. The molecule has 1 aromatic carbocycles. The Morgan fingerprint density at radius 2 is 2.00 bits per heavy atom. The van der Waals surface area contributed by atoms with Crippen molar-refractivity contribution in [3.63, 3.8) is 0 Å². The minimum Gasteiger partial charge on any atom is -0.508 e. The predicted molar refractivity (Wildman–Crippen MR) is 56.4 cm³/mol. The second-order valence-corrected chi connectivity index (χ2v) is 3.18. The molecule has 0 aliphatic rings. The minimum absolute atomic E-state index is 0.235. The van der Waals surface area contributed by atoms with Crippen LogP contribution in [0, 0.1) is 0 Å². The van der Waals surface area contributed by atoms with E-state index in [9.17, 15) is 4.79 Å². The first-order chi connectivity index (χ1) is 7.22. The van der Waals surface area contributed by atoms with E-state index in [4.69, 9.17) is 15.6 Å². The molecular weight excluding hydrogens is 194 g/mol. The number of phenols is 1. The molecule has 0 atom stereocenters. The van der Waals surface area contributed by atoms with Gasteiger partial charge in [-0.3, -0.25) is 4.79 Å². The summed E-state index contributed by atoms with van der Waals surface area (Å²) in [6.07, 6.45) is 0.909. The summed E-state index contributed by atoms with van der Waals surface area (Å²) in [6.45, 7) is 0.668. The van der Waals surface area contributed by atoms with E-state index in [1.807, 2.05) is 0 Å². The fraction of sp³-hybridized carbons (Fsp3) is 0.364. The Kier molecular flexibility index (Phi) is 4.63. The average molecular weight is 209 g/mol. The topological polar surface area (TPSA) is 72.6 Å². The Labute approximate surface area is 88.7 Å². The molecule has 82 valence electrons. The number of hydrogen-bond acceptors (Lipinski definition) is 4. The normalized spacial score (nSPS) is 9.93. The van der Waals surface area contributed by atoms with Gasteiger partial charge in [-0.15, -0.1) is 0 Å². The highest BCUT2D eigenvalue weighted by Crippen LogP contribution is 2.09. The van der Waals surface area contributed by atoms with Crippen molar-refractivity contribution in [3.8, 4) is 5.75 Å². The average Bonchev–Trinajstić information content (AvgIpc) is 2.21. The van der Waals surface area contributed by atoms with Crippen molar-refractivity contribution < 1.29 is 14.6 Å². The number of carbonyl (C=O) groups is 1. The molecule has 0 fully saturated rings. The number of rotatable bonds is 5. The quantitative estimate of drug-likeness (QED) is 0.704. The van der Waals surface area contributed by atoms with Gasteiger partial charge in [0, 0.05) is 13.0 Å². The molecule has 0 heterocycles. The van der Waals surface area contributed by atoms with E-state index in [0.717, 1.165) is 5.56 Å². The van der Waals surface area contributed by atoms with Crippen molar-refractivity contribution >= 4 is 5.97 Å². The second-order valence-electron chi connectivity index (χ2n) is 3.18. The first kappa shape index (κ1) is 11.5. The molecule has 1 aromatic rings. The zero-order valence-corrected chi connectivity index (χ0v) is 8.48. The summed E-state index contributed by atoms with van der Waals surface area (Å²) in [5, 5.41) is 9.04. The van der Waals surface area contributed by atoms with Gasteiger partial charge in [-0.25, -0.2) is 0 Å². The van der Waals surface area contributed by atoms with Gasteiger partial charge >= 0.3 is 5.97 Å². The van der Waals surface area contributed by atoms with Crippen LogP contribution < -0.4 is 5.73 Å². The lowest BCUT2D eigenvalue weighted by Gasteiger charge is -2.04. The first-order valence-corrected chi connectivity index (χ1v) is 4.86. The van der Waals surface area contributed by atoms with Crippen molar-refractivity contribution in [1.29, 1.82) is 0 Å². The van der Waals surface area contributed by atoms with Gasteiger partial charge in [0.05, 0.1) is 13.0 Å². The number of carbonyl (C=O) groups excluding carboxylic acids is 1. The highest BCUT2D eigenvalue weighted by molar-refractivity contribution is 5.69. The fourth-order valence-electron chi connectivity index (χ4n) is 1.14. The smallest absolute Gasteiger partial charge is 0.307 e. The molecule has 0 saturated heterocycles. The van der Waals surface area contributed by atoms with Crippen LogP contribution in [-0.2, 0) is 16.0 Å². The number of ether oxygens (including phenoxy) is 1. The van der Waals surface area contributed by atoms with Crippen LogP contribution in [0.15, 0.2) is 24.3 Å². The van der Waals surface area contributed by atoms with Gasteiger partial charge in [0.15, 0.2) is 0 Å². The van der Waals surface area contributed by atoms with Gasteiger partial charge in [-0.1, -0.05) is 12.1 Å². The molecule has 0 saturated carbocycles. The molecule has 0 aliphatic heterocycles. The summed E-state index contributed by atoms with van der Waals surface area (Å²) in [4.78, 5) is 10.9. The number of esters is 1. The van der Waals surface area contributed by atoms with E-state index in [1.165, 1.54) is 0 Å². The zero-order valence-electron chi connectivity index (χ0n) is 8.48. The van der Waals surface area contributed by atoms with Crippen LogP contribution in [0.3, 0.4) is 0 Å². The summed E-state index contributed by atoms with van der Waals surface area (Å²) in [5.41, 5.74) is 6.22. The van der Waals surface area contributed by atoms with Crippen LogP contribution in [0.25, 0.3) is 0 Å². The lowest BCUT2D eigenvalue weighted by molar-refractivity contribution is -0.143. The molecule has 4 nitrogen and oxygen atoms in total. The summed E-state index contributed by atoms with van der Waals surface area (Å²) in [5.74, 6) is -0.0323. The summed E-state index contributed by atoms with van der Waals surface area (Å²) in [7, 11) is 0. The molecule has 0 spiro atoms. The predicted octanol–water partition coefficient (Wildman–Crippen LogP) is 0.827. The van der Waals surface area contributed by atoms with E-state index >= 15 is 0 Å². The van der Waals surface area contributed by atoms with Crippen molar-refractivity contribution in [2.24, 2.45) is 5.73 Å². The molecule has 0 amide bonds. The monoisotopic (exact) mass is 209 g/mol. The van der Waals surface area contributed by atoms with Gasteiger partial charge < -0.3 is 15.6 Å². The maximum absolute atomic E-state index is 10.9. The van der Waals surface area contributed by atoms with Crippen LogP contribution >= 0.6 is 0 Å². The van der Waals surface area contributed by atoms with Crippen LogP contribution in [0.1, 0.15) is 12.0 Å². The van der Waals surface area contributed by atoms with Crippen molar-refractivity contribution in [2.75, 3.05) is 13.2 Å². The Balaban J connectivity index is 2.26. The van der Waals surface area contributed by atoms with Crippen molar-refractivity contribution in [3.05, 3.63) is 29.8 Å². The Morgan fingerprint density at radius 1 is 1.33 bits per heavy atom. The van der Waals surface area contributed by atoms with Gasteiger partial charge in [-0.05, 0) is 17.7 Å². The highest BCUT2D eigenvalue weighted by atomic mass is 16.5. The first-order valence-electron chi connectivity index (χ1n) is 4.86. The van der Waals surface area contributed by atoms with E-state index in [-0.39, 0.29) is 18.1 Å². The standard InChI is InChI=1S/C11H15NO3/c12-7-5-11(14)15-8-6-9-1-3-10(13)4-2-9/h1-4,13H,5-8,12H2. The third kappa shape index (κ3) is 4.46. The van der Waals surface area contributed by atoms with Gasteiger partial charge in [0.1, 0.15) is 5.75 Å². The molecule has 1 rings (SSSR count). The van der Waals surface area contributed by atoms with E-state index in [1.54, 1.807) is 24.3 Å². The number of nitrogens with two attached hydrogens (primary N) is 1.